The van der Waals surface area contributed by atoms with E-state index in [1.54, 1.807) is 0 Å². The predicted molar refractivity (Wildman–Crippen MR) is 266 cm³/mol. The van der Waals surface area contributed by atoms with Gasteiger partial charge in [-0.3, -0.25) is 0 Å². The molecule has 12 heteroatoms. The molecule has 55 heavy (non-hydrogen) atoms. The Balaban J connectivity index is -0.000000180. The first kappa shape index (κ1) is 65.2. The minimum absolute atomic E-state index is 0. The van der Waals surface area contributed by atoms with Crippen molar-refractivity contribution in [3.05, 3.63) is 53.5 Å². The van der Waals surface area contributed by atoms with Gasteiger partial charge >= 0.3 is 17.1 Å². The molecule has 0 atom stereocenters. The second-order valence-corrected chi connectivity index (χ2v) is 51.4. The minimum atomic E-state index is -0.947. The molecule has 0 N–H and O–H groups in total. The minimum Gasteiger partial charge on any atom is -0.381 e. The molecule has 4 nitrogen and oxygen atoms in total. The molecule has 0 aromatic carbocycles. The quantitative estimate of drug-likeness (QED) is 0.171. The van der Waals surface area contributed by atoms with E-state index >= 15 is 0 Å². The SMILES string of the molecule is C1CCOC1.C1CCOC1.C1CCOC1.C1CCOC1.C[Si](C)(C)/C=C/[CH-][Si](C)(C)C.C[Si](C)(C)/C=C/[CH-][Si](C)(C)C.C[Si](C)(C)/C=C/[CH-][Si](C)(C)C.[Li].[Mn+3]. The van der Waals surface area contributed by atoms with Crippen LogP contribution < -0.4 is 0 Å². The Hall–Kier alpha value is 1.09. The van der Waals surface area contributed by atoms with E-state index in [2.05, 4.69) is 171 Å². The summed E-state index contributed by atoms with van der Waals surface area (Å²) >= 11 is 0. The average molecular weight is 907 g/mol. The Morgan fingerprint density at radius 1 is 0.309 bits per heavy atom. The van der Waals surface area contributed by atoms with Crippen molar-refractivity contribution in [2.45, 2.75) is 169 Å². The van der Waals surface area contributed by atoms with Gasteiger partial charge in [-0.05, 0) is 99.8 Å². The Labute approximate surface area is 376 Å². The van der Waals surface area contributed by atoms with E-state index in [9.17, 15) is 0 Å². The molecule has 0 unspecified atom stereocenters. The van der Waals surface area contributed by atoms with Crippen molar-refractivity contribution in [1.82, 2.24) is 0 Å². The number of hydrogen-bond donors (Lipinski definition) is 0. The van der Waals surface area contributed by atoms with Gasteiger partial charge in [0, 0.05) is 71.7 Å². The molecule has 4 aliphatic rings. The zero-order chi connectivity index (χ0) is 41.5. The Morgan fingerprint density at radius 2 is 0.455 bits per heavy atom. The van der Waals surface area contributed by atoms with Crippen LogP contribution in [0.5, 0.6) is 0 Å². The second kappa shape index (κ2) is 36.9. The fourth-order valence-electron chi connectivity index (χ4n) is 3.92. The number of ether oxygens (including phenoxy) is 4. The Bertz CT molecular complexity index is 739. The van der Waals surface area contributed by atoms with Gasteiger partial charge < -0.3 is 18.9 Å². The van der Waals surface area contributed by atoms with Gasteiger partial charge in [-0.15, -0.1) is 0 Å². The molecule has 0 spiro atoms. The van der Waals surface area contributed by atoms with Gasteiger partial charge in [-0.2, -0.15) is 0 Å². The third kappa shape index (κ3) is 76.4. The molecule has 4 aliphatic heterocycles. The van der Waals surface area contributed by atoms with Gasteiger partial charge in [0.25, 0.3) is 0 Å². The molecule has 1 radical (unpaired) electrons. The van der Waals surface area contributed by atoms with E-state index in [4.69, 9.17) is 18.9 Å². The van der Waals surface area contributed by atoms with E-state index in [0.29, 0.717) is 0 Å². The predicted octanol–water partition coefficient (Wildman–Crippen LogP) is 13.3. The maximum atomic E-state index is 4.94. The van der Waals surface area contributed by atoms with Crippen LogP contribution in [0.2, 0.25) is 118 Å². The number of hydrogen-bond acceptors (Lipinski definition) is 4. The van der Waals surface area contributed by atoms with Gasteiger partial charge in [0.05, 0.1) is 0 Å². The summed E-state index contributed by atoms with van der Waals surface area (Å²) in [6, 6.07) is 7.22. The second-order valence-electron chi connectivity index (χ2n) is 21.1. The first-order valence-corrected chi connectivity index (χ1v) is 42.5. The van der Waals surface area contributed by atoms with Crippen molar-refractivity contribution in [1.29, 1.82) is 0 Å². The first-order chi connectivity index (χ1) is 24.1. The van der Waals surface area contributed by atoms with Crippen LogP contribution in [0.25, 0.3) is 0 Å². The fourth-order valence-corrected chi connectivity index (χ4v) is 8.54. The van der Waals surface area contributed by atoms with Crippen LogP contribution in [0.3, 0.4) is 0 Å². The third-order valence-corrected chi connectivity index (χ3v) is 14.0. The van der Waals surface area contributed by atoms with Crippen molar-refractivity contribution >= 4 is 67.3 Å². The molecule has 0 aliphatic carbocycles. The van der Waals surface area contributed by atoms with Crippen molar-refractivity contribution < 1.29 is 36.0 Å². The summed E-state index contributed by atoms with van der Waals surface area (Å²) in [4.78, 5) is 0. The molecule has 4 fully saturated rings. The van der Waals surface area contributed by atoms with Gasteiger partial charge in [0.15, 0.2) is 0 Å². The van der Waals surface area contributed by atoms with E-state index in [1.165, 1.54) is 51.4 Å². The van der Waals surface area contributed by atoms with E-state index in [-0.39, 0.29) is 35.9 Å². The van der Waals surface area contributed by atoms with Crippen molar-refractivity contribution in [2.24, 2.45) is 0 Å². The summed E-state index contributed by atoms with van der Waals surface area (Å²) in [5, 5.41) is 0. The Kier molecular flexibility index (Phi) is 43.8. The summed E-state index contributed by atoms with van der Waals surface area (Å²) in [6.07, 6.45) is 17.1. The molecule has 0 aromatic rings. The normalized spacial score (nSPS) is 17.1. The van der Waals surface area contributed by atoms with Crippen molar-refractivity contribution in [2.75, 3.05) is 52.9 Å². The molecule has 4 saturated heterocycles. The zero-order valence-electron chi connectivity index (χ0n) is 40.5. The first-order valence-electron chi connectivity index (χ1n) is 21.0. The monoisotopic (exact) mass is 906 g/mol. The molecular weight excluding hydrogens is 811 g/mol. The maximum Gasteiger partial charge on any atom is 3.00 e. The van der Waals surface area contributed by atoms with Gasteiger partial charge in [-0.25, -0.2) is 53.5 Å². The molecule has 4 heterocycles. The topological polar surface area (TPSA) is 36.9 Å². The van der Waals surface area contributed by atoms with Crippen LogP contribution in [0.15, 0.2) is 35.3 Å². The standard InChI is InChI=1S/3C9H21Si2.4C4H8O.Li.Mn/c3*1-10(2,3)8-7-9-11(4,5)6;4*1-2-4-5-3-1;;/h3*7-9H,1-6H3;4*1-4H2;;/q3*-1;;;;;;+3/b3*8-7+;;;;;;. The summed E-state index contributed by atoms with van der Waals surface area (Å²) in [7, 11) is -5.68. The average Bonchev–Trinajstić information content (AvgIpc) is 3.82. The zero-order valence-corrected chi connectivity index (χ0v) is 47.7. The molecule has 4 rings (SSSR count). The molecule has 0 aromatic heterocycles. The van der Waals surface area contributed by atoms with Crippen molar-refractivity contribution in [3.8, 4) is 0 Å². The summed E-state index contributed by atoms with van der Waals surface area (Å²) in [5.41, 5.74) is 7.22. The summed E-state index contributed by atoms with van der Waals surface area (Å²) < 4.78 is 19.8. The van der Waals surface area contributed by atoms with Crippen LogP contribution in [-0.4, -0.2) is 120 Å². The summed E-state index contributed by atoms with van der Waals surface area (Å²) in [5.74, 6) is 0. The third-order valence-electron chi connectivity index (χ3n) is 6.89. The molecule has 0 bridgehead atoms. The smallest absolute Gasteiger partial charge is 0.381 e. The van der Waals surface area contributed by atoms with Crippen LogP contribution in [-0.2, 0) is 36.0 Å². The van der Waals surface area contributed by atoms with Crippen molar-refractivity contribution in [3.63, 3.8) is 0 Å². The molecule has 0 amide bonds. The van der Waals surface area contributed by atoms with E-state index < -0.39 is 48.4 Å². The molecular formula is C43H95LiMnO4Si6. The van der Waals surface area contributed by atoms with Gasteiger partial charge in [0.2, 0.25) is 0 Å². The fraction of sp³-hybridized carbons (Fsp3) is 0.791. The van der Waals surface area contributed by atoms with Crippen LogP contribution >= 0.6 is 0 Å². The number of allylic oxidation sites excluding steroid dienone is 3. The van der Waals surface area contributed by atoms with Crippen LogP contribution in [0.1, 0.15) is 51.4 Å². The van der Waals surface area contributed by atoms with Crippen LogP contribution in [0.4, 0.5) is 0 Å². The largest absolute Gasteiger partial charge is 3.00 e. The summed E-state index contributed by atoms with van der Waals surface area (Å²) in [6.45, 7) is 50.5. The van der Waals surface area contributed by atoms with Crippen LogP contribution in [0, 0.1) is 18.1 Å². The number of rotatable bonds is 9. The van der Waals surface area contributed by atoms with Gasteiger partial charge in [-0.1, -0.05) is 118 Å². The van der Waals surface area contributed by atoms with E-state index in [0.717, 1.165) is 52.9 Å². The molecule has 323 valence electrons. The maximum absolute atomic E-state index is 4.94. The molecule has 0 saturated carbocycles. The van der Waals surface area contributed by atoms with Gasteiger partial charge in [0.1, 0.15) is 0 Å². The Morgan fingerprint density at radius 3 is 0.527 bits per heavy atom. The van der Waals surface area contributed by atoms with E-state index in [1.807, 2.05) is 0 Å².